The van der Waals surface area contributed by atoms with E-state index in [4.69, 9.17) is 4.74 Å². The number of ether oxygens (including phenoxy) is 1. The van der Waals surface area contributed by atoms with Crippen molar-refractivity contribution in [3.63, 3.8) is 0 Å². The lowest BCUT2D eigenvalue weighted by Gasteiger charge is -2.28. The van der Waals surface area contributed by atoms with Crippen LogP contribution in [-0.4, -0.2) is 36.3 Å². The zero-order valence-electron chi connectivity index (χ0n) is 8.44. The highest BCUT2D eigenvalue weighted by Gasteiger charge is 2.14. The van der Waals surface area contributed by atoms with Gasteiger partial charge in [-0.2, -0.15) is 0 Å². The number of H-pyrrole nitrogens is 1. The number of aromatic amines is 1. The molecule has 4 nitrogen and oxygen atoms in total. The molecule has 1 saturated heterocycles. The van der Waals surface area contributed by atoms with Crippen molar-refractivity contribution in [3.05, 3.63) is 24.5 Å². The normalized spacial score (nSPS) is 17.2. The number of para-hydroxylation sites is 1. The number of morpholine rings is 1. The zero-order valence-corrected chi connectivity index (χ0v) is 8.44. The number of nitrogens with one attached hydrogen (secondary N) is 1. The quantitative estimate of drug-likeness (QED) is 0.761. The Kier molecular flexibility index (Phi) is 2.07. The summed E-state index contributed by atoms with van der Waals surface area (Å²) in [6.45, 7) is 3.51. The molecule has 0 radical (unpaired) electrons. The van der Waals surface area contributed by atoms with Crippen molar-refractivity contribution >= 4 is 16.7 Å². The van der Waals surface area contributed by atoms with Crippen molar-refractivity contribution in [1.29, 1.82) is 0 Å². The molecule has 0 bridgehead atoms. The van der Waals surface area contributed by atoms with Crippen LogP contribution in [0.4, 0.5) is 5.69 Å². The zero-order chi connectivity index (χ0) is 10.1. The fraction of sp³-hybridized carbons (Fsp3) is 0.364. The molecule has 15 heavy (non-hydrogen) atoms. The Morgan fingerprint density at radius 2 is 2.13 bits per heavy atom. The first-order valence-corrected chi connectivity index (χ1v) is 5.20. The van der Waals surface area contributed by atoms with E-state index in [2.05, 4.69) is 27.0 Å². The van der Waals surface area contributed by atoms with Crippen molar-refractivity contribution in [2.24, 2.45) is 0 Å². The maximum absolute atomic E-state index is 5.34. The van der Waals surface area contributed by atoms with Crippen LogP contribution in [0.5, 0.6) is 0 Å². The fourth-order valence-corrected chi connectivity index (χ4v) is 2.01. The van der Waals surface area contributed by atoms with Gasteiger partial charge in [0.25, 0.3) is 0 Å². The van der Waals surface area contributed by atoms with Gasteiger partial charge in [0.05, 0.1) is 30.7 Å². The van der Waals surface area contributed by atoms with Gasteiger partial charge in [-0.1, -0.05) is 6.07 Å². The minimum Gasteiger partial charge on any atom is -0.378 e. The first kappa shape index (κ1) is 8.73. The SMILES string of the molecule is c1cc(N2CCOCC2)c2nc[nH]c2c1. The predicted molar refractivity (Wildman–Crippen MR) is 59.1 cm³/mol. The Hall–Kier alpha value is -1.55. The van der Waals surface area contributed by atoms with Crippen LogP contribution in [0.25, 0.3) is 11.0 Å². The second-order valence-electron chi connectivity index (χ2n) is 3.68. The average molecular weight is 203 g/mol. The highest BCUT2D eigenvalue weighted by molar-refractivity contribution is 5.88. The summed E-state index contributed by atoms with van der Waals surface area (Å²) in [6, 6.07) is 6.23. The molecule has 0 amide bonds. The van der Waals surface area contributed by atoms with Gasteiger partial charge in [0.1, 0.15) is 5.52 Å². The largest absolute Gasteiger partial charge is 0.378 e. The monoisotopic (exact) mass is 203 g/mol. The Labute approximate surface area is 87.9 Å². The summed E-state index contributed by atoms with van der Waals surface area (Å²) in [7, 11) is 0. The highest BCUT2D eigenvalue weighted by atomic mass is 16.5. The van der Waals surface area contributed by atoms with Crippen molar-refractivity contribution in [2.45, 2.75) is 0 Å². The Bertz CT molecular complexity index is 460. The molecule has 2 aromatic rings. The van der Waals surface area contributed by atoms with Crippen molar-refractivity contribution < 1.29 is 4.74 Å². The number of aromatic nitrogens is 2. The van der Waals surface area contributed by atoms with Crippen LogP contribution in [0.15, 0.2) is 24.5 Å². The van der Waals surface area contributed by atoms with E-state index in [1.54, 1.807) is 6.33 Å². The molecule has 1 aliphatic heterocycles. The number of rotatable bonds is 1. The summed E-state index contributed by atoms with van der Waals surface area (Å²) >= 11 is 0. The van der Waals surface area contributed by atoms with Gasteiger partial charge in [-0.3, -0.25) is 0 Å². The van der Waals surface area contributed by atoms with E-state index in [1.807, 2.05) is 6.07 Å². The molecule has 3 rings (SSSR count). The summed E-state index contributed by atoms with van der Waals surface area (Å²) in [4.78, 5) is 9.81. The lowest BCUT2D eigenvalue weighted by atomic mass is 10.2. The standard InChI is InChI=1S/C11H13N3O/c1-2-9-11(13-8-12-9)10(3-1)14-4-6-15-7-5-14/h1-3,8H,4-7H2,(H,12,13). The number of hydrogen-bond acceptors (Lipinski definition) is 3. The van der Waals surface area contributed by atoms with Crippen molar-refractivity contribution in [3.8, 4) is 0 Å². The maximum atomic E-state index is 5.34. The summed E-state index contributed by atoms with van der Waals surface area (Å²) in [5.74, 6) is 0. The molecular weight excluding hydrogens is 190 g/mol. The van der Waals surface area contributed by atoms with E-state index >= 15 is 0 Å². The minimum absolute atomic E-state index is 0.806. The van der Waals surface area contributed by atoms with Gasteiger partial charge >= 0.3 is 0 Å². The second kappa shape index (κ2) is 3.55. The summed E-state index contributed by atoms with van der Waals surface area (Å²) in [5, 5.41) is 0. The molecule has 78 valence electrons. The summed E-state index contributed by atoms with van der Waals surface area (Å²) < 4.78 is 5.34. The van der Waals surface area contributed by atoms with Crippen LogP contribution in [0.2, 0.25) is 0 Å². The van der Waals surface area contributed by atoms with E-state index < -0.39 is 0 Å². The highest BCUT2D eigenvalue weighted by Crippen LogP contribution is 2.24. The van der Waals surface area contributed by atoms with Gasteiger partial charge in [-0.05, 0) is 12.1 Å². The molecule has 1 fully saturated rings. The van der Waals surface area contributed by atoms with Gasteiger partial charge in [-0.25, -0.2) is 4.98 Å². The Balaban J connectivity index is 2.05. The minimum atomic E-state index is 0.806. The number of fused-ring (bicyclic) bond motifs is 1. The smallest absolute Gasteiger partial charge is 0.112 e. The van der Waals surface area contributed by atoms with Crippen LogP contribution in [0.1, 0.15) is 0 Å². The number of benzene rings is 1. The molecule has 0 aliphatic carbocycles. The number of nitrogens with zero attached hydrogens (tertiary/aromatic N) is 2. The van der Waals surface area contributed by atoms with Crippen molar-refractivity contribution in [2.75, 3.05) is 31.2 Å². The molecule has 0 atom stereocenters. The lowest BCUT2D eigenvalue weighted by Crippen LogP contribution is -2.36. The number of hydrogen-bond donors (Lipinski definition) is 1. The van der Waals surface area contributed by atoms with Crippen LogP contribution in [0, 0.1) is 0 Å². The lowest BCUT2D eigenvalue weighted by molar-refractivity contribution is 0.123. The third kappa shape index (κ3) is 1.47. The van der Waals surface area contributed by atoms with E-state index in [9.17, 15) is 0 Å². The molecule has 0 saturated carbocycles. The van der Waals surface area contributed by atoms with Gasteiger partial charge in [0, 0.05) is 13.1 Å². The third-order valence-electron chi connectivity index (χ3n) is 2.78. The van der Waals surface area contributed by atoms with Gasteiger partial charge in [-0.15, -0.1) is 0 Å². The molecule has 1 aromatic carbocycles. The predicted octanol–water partition coefficient (Wildman–Crippen LogP) is 1.40. The molecule has 1 aromatic heterocycles. The number of anilines is 1. The molecule has 1 aliphatic rings. The van der Waals surface area contributed by atoms with Gasteiger partial charge in [0.2, 0.25) is 0 Å². The third-order valence-corrected chi connectivity index (χ3v) is 2.78. The average Bonchev–Trinajstić information content (AvgIpc) is 2.78. The summed E-state index contributed by atoms with van der Waals surface area (Å²) in [6.07, 6.45) is 1.74. The fourth-order valence-electron chi connectivity index (χ4n) is 2.01. The molecule has 0 spiro atoms. The van der Waals surface area contributed by atoms with Crippen molar-refractivity contribution in [1.82, 2.24) is 9.97 Å². The first-order valence-electron chi connectivity index (χ1n) is 5.20. The van der Waals surface area contributed by atoms with E-state index in [-0.39, 0.29) is 0 Å². The van der Waals surface area contributed by atoms with Crippen LogP contribution < -0.4 is 4.90 Å². The Morgan fingerprint density at radius 3 is 3.00 bits per heavy atom. The van der Waals surface area contributed by atoms with Gasteiger partial charge in [0.15, 0.2) is 0 Å². The van der Waals surface area contributed by atoms with E-state index in [1.165, 1.54) is 5.69 Å². The Morgan fingerprint density at radius 1 is 1.27 bits per heavy atom. The maximum Gasteiger partial charge on any atom is 0.112 e. The molecule has 4 heteroatoms. The second-order valence-corrected chi connectivity index (χ2v) is 3.68. The molecule has 2 heterocycles. The van der Waals surface area contributed by atoms with Crippen LogP contribution in [0.3, 0.4) is 0 Å². The van der Waals surface area contributed by atoms with Crippen LogP contribution in [-0.2, 0) is 4.74 Å². The molecular formula is C11H13N3O. The van der Waals surface area contributed by atoms with E-state index in [0.29, 0.717) is 0 Å². The molecule has 0 unspecified atom stereocenters. The topological polar surface area (TPSA) is 41.1 Å². The number of imidazole rings is 1. The van der Waals surface area contributed by atoms with Crippen LogP contribution >= 0.6 is 0 Å². The summed E-state index contributed by atoms with van der Waals surface area (Å²) in [5.41, 5.74) is 3.36. The first-order chi connectivity index (χ1) is 7.45. The van der Waals surface area contributed by atoms with Gasteiger partial charge < -0.3 is 14.6 Å². The molecule has 1 N–H and O–H groups in total. The van der Waals surface area contributed by atoms with E-state index in [0.717, 1.165) is 37.3 Å².